The number of benzene rings is 1. The van der Waals surface area contributed by atoms with Gasteiger partial charge in [-0.1, -0.05) is 24.3 Å². The van der Waals surface area contributed by atoms with Gasteiger partial charge in [0.05, 0.1) is 24.2 Å². The second-order valence-electron chi connectivity index (χ2n) is 7.88. The summed E-state index contributed by atoms with van der Waals surface area (Å²) < 4.78 is 16.9. The van der Waals surface area contributed by atoms with E-state index in [0.717, 1.165) is 13.1 Å². The molecule has 7 nitrogen and oxygen atoms in total. The number of nitrogens with one attached hydrogen (secondary N) is 1. The molecule has 8 heteroatoms. The van der Waals surface area contributed by atoms with Gasteiger partial charge in [0.1, 0.15) is 12.4 Å². The highest BCUT2D eigenvalue weighted by molar-refractivity contribution is 9.10. The van der Waals surface area contributed by atoms with Crippen molar-refractivity contribution in [3.63, 3.8) is 0 Å². The summed E-state index contributed by atoms with van der Waals surface area (Å²) in [6, 6.07) is 11.8. The van der Waals surface area contributed by atoms with Gasteiger partial charge in [-0.3, -0.25) is 4.90 Å². The third kappa shape index (κ3) is 4.38. The molecule has 2 aromatic rings. The zero-order valence-electron chi connectivity index (χ0n) is 18.2. The number of ether oxygens (including phenoxy) is 2. The van der Waals surface area contributed by atoms with E-state index in [0.29, 0.717) is 39.5 Å². The molecule has 4 rings (SSSR count). The van der Waals surface area contributed by atoms with Crippen LogP contribution in [-0.4, -0.2) is 37.1 Å². The van der Waals surface area contributed by atoms with E-state index in [1.807, 2.05) is 12.1 Å². The van der Waals surface area contributed by atoms with Crippen LogP contribution in [-0.2, 0) is 32.2 Å². The van der Waals surface area contributed by atoms with E-state index in [4.69, 9.17) is 13.9 Å². The molecule has 168 valence electrons. The number of hydrogen-bond donors (Lipinski definition) is 1. The molecule has 2 aliphatic rings. The minimum Gasteiger partial charge on any atom is -0.466 e. The van der Waals surface area contributed by atoms with Gasteiger partial charge in [0, 0.05) is 31.0 Å². The molecule has 0 saturated carbocycles. The Morgan fingerprint density at radius 1 is 1.06 bits per heavy atom. The third-order valence-electron chi connectivity index (χ3n) is 5.81. The fourth-order valence-electron chi connectivity index (χ4n) is 4.32. The van der Waals surface area contributed by atoms with Crippen molar-refractivity contribution in [3.8, 4) is 0 Å². The Labute approximate surface area is 195 Å². The average molecular weight is 501 g/mol. The highest BCUT2D eigenvalue weighted by atomic mass is 79.9. The van der Waals surface area contributed by atoms with Gasteiger partial charge in [-0.2, -0.15) is 0 Å². The summed E-state index contributed by atoms with van der Waals surface area (Å²) in [7, 11) is 1.31. The molecule has 1 unspecified atom stereocenters. The van der Waals surface area contributed by atoms with E-state index >= 15 is 0 Å². The first kappa shape index (κ1) is 22.4. The van der Waals surface area contributed by atoms with Gasteiger partial charge in [0.25, 0.3) is 0 Å². The Kier molecular flexibility index (Phi) is 6.53. The first-order chi connectivity index (χ1) is 15.4. The lowest BCUT2D eigenvalue weighted by Gasteiger charge is -2.29. The number of dihydropyridines is 1. The largest absolute Gasteiger partial charge is 0.466 e. The second-order valence-corrected chi connectivity index (χ2v) is 8.67. The quantitative estimate of drug-likeness (QED) is 0.600. The normalized spacial score (nSPS) is 18.4. The topological polar surface area (TPSA) is 81.0 Å². The first-order valence-corrected chi connectivity index (χ1v) is 11.2. The van der Waals surface area contributed by atoms with Crippen LogP contribution in [0.1, 0.15) is 36.7 Å². The number of methoxy groups -OCH3 is 1. The van der Waals surface area contributed by atoms with E-state index in [1.165, 1.54) is 18.2 Å². The van der Waals surface area contributed by atoms with Crippen molar-refractivity contribution >= 4 is 27.9 Å². The van der Waals surface area contributed by atoms with Crippen LogP contribution in [0.2, 0.25) is 0 Å². The minimum atomic E-state index is -0.724. The van der Waals surface area contributed by atoms with E-state index in [2.05, 4.69) is 38.3 Å². The van der Waals surface area contributed by atoms with Crippen LogP contribution in [0.15, 0.2) is 68.0 Å². The Bertz CT molecular complexity index is 1090. The summed E-state index contributed by atoms with van der Waals surface area (Å²) >= 11 is 3.30. The van der Waals surface area contributed by atoms with Gasteiger partial charge in [-0.15, -0.1) is 0 Å². The van der Waals surface area contributed by atoms with Gasteiger partial charge in [0.2, 0.25) is 0 Å². The molecule has 0 fully saturated rings. The lowest BCUT2D eigenvalue weighted by molar-refractivity contribution is -0.140. The first-order valence-electron chi connectivity index (χ1n) is 10.4. The zero-order chi connectivity index (χ0) is 22.8. The number of fused-ring (bicyclic) bond motifs is 1. The summed E-state index contributed by atoms with van der Waals surface area (Å²) in [5, 5.41) is 3.12. The van der Waals surface area contributed by atoms with Crippen LogP contribution in [0.4, 0.5) is 0 Å². The van der Waals surface area contributed by atoms with E-state index < -0.39 is 17.9 Å². The van der Waals surface area contributed by atoms with Crippen LogP contribution in [0, 0.1) is 0 Å². The molecule has 0 spiro atoms. The third-order valence-corrected chi connectivity index (χ3v) is 6.24. The number of carbonyl (C=O) groups excluding carboxylic acids is 2. The smallest absolute Gasteiger partial charge is 0.336 e. The monoisotopic (exact) mass is 500 g/mol. The summed E-state index contributed by atoms with van der Waals surface area (Å²) in [4.78, 5) is 28.0. The molecule has 2 aliphatic heterocycles. The summed E-state index contributed by atoms with van der Waals surface area (Å²) in [5.74, 6) is -1.28. The lowest BCUT2D eigenvalue weighted by Crippen LogP contribution is -2.33. The number of rotatable bonds is 6. The number of halogens is 1. The Balaban J connectivity index is 1.50. The average Bonchev–Trinajstić information content (AvgIpc) is 3.38. The maximum absolute atomic E-state index is 13.2. The molecule has 1 N–H and O–H groups in total. The summed E-state index contributed by atoms with van der Waals surface area (Å²) in [6.45, 7) is 6.11. The van der Waals surface area contributed by atoms with E-state index in [-0.39, 0.29) is 6.61 Å². The maximum atomic E-state index is 13.2. The number of hydrogen-bond acceptors (Lipinski definition) is 7. The van der Waals surface area contributed by atoms with Crippen molar-refractivity contribution < 1.29 is 23.5 Å². The molecular formula is C24H25BrN2O5. The van der Waals surface area contributed by atoms with Crippen molar-refractivity contribution in [1.29, 1.82) is 0 Å². The number of nitrogens with zero attached hydrogens (tertiary/aromatic N) is 1. The standard InChI is InChI=1S/C24H25BrN2O5/c1-14-20(23(28)30-3)22(18-8-9-19(25)32-18)21(15(2)26-14)24(29)31-11-10-27-12-16-6-4-5-7-17(16)13-27/h4-9,22,26H,10-13H2,1-3H3. The van der Waals surface area contributed by atoms with Crippen molar-refractivity contribution in [2.75, 3.05) is 20.3 Å². The fraction of sp³-hybridized carbons (Fsp3) is 0.333. The van der Waals surface area contributed by atoms with Crippen molar-refractivity contribution in [1.82, 2.24) is 10.2 Å². The SMILES string of the molecule is COC(=O)C1=C(C)NC(C)=C(C(=O)OCCN2Cc3ccccc3C2)C1c1ccc(Br)o1. The predicted octanol–water partition coefficient (Wildman–Crippen LogP) is 4.01. The number of carbonyl (C=O) groups is 2. The summed E-state index contributed by atoms with van der Waals surface area (Å²) in [6.07, 6.45) is 0. The lowest BCUT2D eigenvalue weighted by atomic mass is 9.83. The number of esters is 2. The number of allylic oxidation sites excluding steroid dienone is 2. The van der Waals surface area contributed by atoms with Crippen LogP contribution in [0.3, 0.4) is 0 Å². The maximum Gasteiger partial charge on any atom is 0.336 e. The predicted molar refractivity (Wildman–Crippen MR) is 121 cm³/mol. The van der Waals surface area contributed by atoms with Gasteiger partial charge in [0.15, 0.2) is 4.67 Å². The molecule has 32 heavy (non-hydrogen) atoms. The van der Waals surface area contributed by atoms with E-state index in [9.17, 15) is 9.59 Å². The number of furan rings is 1. The van der Waals surface area contributed by atoms with Crippen LogP contribution >= 0.6 is 15.9 Å². The van der Waals surface area contributed by atoms with Gasteiger partial charge in [-0.05, 0) is 53.0 Å². The van der Waals surface area contributed by atoms with Crippen molar-refractivity contribution in [2.45, 2.75) is 32.9 Å². The van der Waals surface area contributed by atoms with Crippen LogP contribution < -0.4 is 5.32 Å². The molecule has 3 heterocycles. The molecular weight excluding hydrogens is 476 g/mol. The minimum absolute atomic E-state index is 0.244. The van der Waals surface area contributed by atoms with Gasteiger partial charge < -0.3 is 19.2 Å². The van der Waals surface area contributed by atoms with Crippen LogP contribution in [0.25, 0.3) is 0 Å². The highest BCUT2D eigenvalue weighted by Gasteiger charge is 2.39. The summed E-state index contributed by atoms with van der Waals surface area (Å²) in [5.41, 5.74) is 4.50. The van der Waals surface area contributed by atoms with Crippen molar-refractivity contribution in [3.05, 3.63) is 80.5 Å². The Morgan fingerprint density at radius 3 is 2.25 bits per heavy atom. The van der Waals surface area contributed by atoms with E-state index in [1.54, 1.807) is 26.0 Å². The molecule has 1 atom stereocenters. The second kappa shape index (κ2) is 9.34. The zero-order valence-corrected chi connectivity index (χ0v) is 19.8. The van der Waals surface area contributed by atoms with Gasteiger partial charge >= 0.3 is 11.9 Å². The molecule has 0 radical (unpaired) electrons. The van der Waals surface area contributed by atoms with Crippen molar-refractivity contribution in [2.24, 2.45) is 0 Å². The highest BCUT2D eigenvalue weighted by Crippen LogP contribution is 2.40. The molecule has 0 amide bonds. The Morgan fingerprint density at radius 2 is 1.69 bits per heavy atom. The Hall–Kier alpha value is -2.84. The van der Waals surface area contributed by atoms with Gasteiger partial charge in [-0.25, -0.2) is 9.59 Å². The van der Waals surface area contributed by atoms with Crippen LogP contribution in [0.5, 0.6) is 0 Å². The molecule has 0 aliphatic carbocycles. The fourth-order valence-corrected chi connectivity index (χ4v) is 4.64. The molecule has 1 aromatic carbocycles. The molecule has 0 saturated heterocycles. The molecule has 1 aromatic heterocycles. The molecule has 0 bridgehead atoms.